The molecule has 0 unspecified atom stereocenters. The molecule has 0 spiro atoms. The van der Waals surface area contributed by atoms with E-state index in [2.05, 4.69) is 21.0 Å². The van der Waals surface area contributed by atoms with Gasteiger partial charge in [0.25, 0.3) is 11.8 Å². The molecule has 1 aromatic carbocycles. The smallest absolute Gasteiger partial charge is 0.286 e. The van der Waals surface area contributed by atoms with Crippen molar-refractivity contribution < 1.29 is 14.1 Å². The van der Waals surface area contributed by atoms with Gasteiger partial charge in [0.2, 0.25) is 0 Å². The number of carbonyl (C=O) groups is 2. The monoisotopic (exact) mass is 378 g/mol. The minimum Gasteiger partial charge on any atom is -0.360 e. The zero-order chi connectivity index (χ0) is 18.0. The van der Waals surface area contributed by atoms with Crippen LogP contribution in [0.2, 0.25) is 10.0 Å². The van der Waals surface area contributed by atoms with Crippen LogP contribution in [0.3, 0.4) is 0 Å². The number of carbonyl (C=O) groups excluding carboxylic acids is 2. The summed E-state index contributed by atoms with van der Waals surface area (Å²) in [6, 6.07) is 8.17. The molecular weight excluding hydrogens is 367 g/mol. The Balaban J connectivity index is 1.87. The highest BCUT2D eigenvalue weighted by molar-refractivity contribution is 6.39. The minimum atomic E-state index is -0.607. The largest absolute Gasteiger partial charge is 0.360 e. The fourth-order valence-electron chi connectivity index (χ4n) is 2.25. The van der Waals surface area contributed by atoms with Crippen molar-refractivity contribution >= 4 is 35.0 Å². The highest BCUT2D eigenvalue weighted by Gasteiger charge is 2.25. The third-order valence-electron chi connectivity index (χ3n) is 3.42. The molecule has 0 bridgehead atoms. The lowest BCUT2D eigenvalue weighted by molar-refractivity contribution is 0.0843. The normalized spacial score (nSPS) is 10.5. The summed E-state index contributed by atoms with van der Waals surface area (Å²) in [6.07, 6.45) is 1.60. The van der Waals surface area contributed by atoms with Crippen LogP contribution in [0.15, 0.2) is 41.1 Å². The standard InChI is InChI=1S/C16H12Cl2N4O3/c1-8-12(16(24)21-20-15(23)11-6-3-7-19-11)14(22-25-8)13-9(17)4-2-5-10(13)18/h2-7,19H,1H3,(H,20,23)(H,21,24). The number of amides is 2. The summed E-state index contributed by atoms with van der Waals surface area (Å²) in [5, 5.41) is 4.53. The Hall–Kier alpha value is -2.77. The van der Waals surface area contributed by atoms with Crippen molar-refractivity contribution in [1.82, 2.24) is 21.0 Å². The van der Waals surface area contributed by atoms with E-state index in [0.29, 0.717) is 21.3 Å². The first-order valence-electron chi connectivity index (χ1n) is 7.13. The lowest BCUT2D eigenvalue weighted by Crippen LogP contribution is -2.42. The van der Waals surface area contributed by atoms with Crippen LogP contribution in [-0.4, -0.2) is 22.0 Å². The van der Waals surface area contributed by atoms with Crippen LogP contribution in [0, 0.1) is 6.92 Å². The summed E-state index contributed by atoms with van der Waals surface area (Å²) in [7, 11) is 0. The summed E-state index contributed by atoms with van der Waals surface area (Å²) in [4.78, 5) is 27.1. The second-order valence-corrected chi connectivity index (χ2v) is 5.87. The van der Waals surface area contributed by atoms with E-state index < -0.39 is 11.8 Å². The summed E-state index contributed by atoms with van der Waals surface area (Å²) < 4.78 is 5.11. The average Bonchev–Trinajstić information content (AvgIpc) is 3.22. The fraction of sp³-hybridized carbons (Fsp3) is 0.0625. The first kappa shape index (κ1) is 17.1. The van der Waals surface area contributed by atoms with Crippen molar-refractivity contribution in [3.63, 3.8) is 0 Å². The molecule has 2 heterocycles. The highest BCUT2D eigenvalue weighted by Crippen LogP contribution is 2.36. The molecule has 2 aromatic heterocycles. The number of hydrogen-bond donors (Lipinski definition) is 3. The maximum atomic E-state index is 12.5. The number of H-pyrrole nitrogens is 1. The summed E-state index contributed by atoms with van der Waals surface area (Å²) >= 11 is 12.3. The average molecular weight is 379 g/mol. The van der Waals surface area contributed by atoms with Gasteiger partial charge >= 0.3 is 0 Å². The Morgan fingerprint density at radius 3 is 2.40 bits per heavy atom. The van der Waals surface area contributed by atoms with Gasteiger partial charge in [0, 0.05) is 11.8 Å². The highest BCUT2D eigenvalue weighted by atomic mass is 35.5. The van der Waals surface area contributed by atoms with Crippen LogP contribution >= 0.6 is 23.2 Å². The van der Waals surface area contributed by atoms with E-state index in [1.807, 2.05) is 0 Å². The first-order valence-corrected chi connectivity index (χ1v) is 7.89. The third-order valence-corrected chi connectivity index (χ3v) is 4.05. The summed E-state index contributed by atoms with van der Waals surface area (Å²) in [6.45, 7) is 1.57. The van der Waals surface area contributed by atoms with Crippen LogP contribution in [0.5, 0.6) is 0 Å². The number of aryl methyl sites for hydroxylation is 1. The summed E-state index contributed by atoms with van der Waals surface area (Å²) in [5.41, 5.74) is 5.62. The van der Waals surface area contributed by atoms with Crippen molar-refractivity contribution in [3.8, 4) is 11.3 Å². The zero-order valence-electron chi connectivity index (χ0n) is 12.9. The molecule has 0 saturated heterocycles. The maximum Gasteiger partial charge on any atom is 0.286 e. The number of hydrogen-bond acceptors (Lipinski definition) is 4. The van der Waals surface area contributed by atoms with E-state index >= 15 is 0 Å². The van der Waals surface area contributed by atoms with Gasteiger partial charge in [0.15, 0.2) is 0 Å². The molecule has 0 saturated carbocycles. The minimum absolute atomic E-state index is 0.127. The van der Waals surface area contributed by atoms with E-state index in [4.69, 9.17) is 27.7 Å². The van der Waals surface area contributed by atoms with Crippen LogP contribution in [-0.2, 0) is 0 Å². The van der Waals surface area contributed by atoms with Gasteiger partial charge in [-0.2, -0.15) is 0 Å². The van der Waals surface area contributed by atoms with Crippen molar-refractivity contribution in [2.75, 3.05) is 0 Å². The van der Waals surface area contributed by atoms with E-state index in [-0.39, 0.29) is 17.0 Å². The Morgan fingerprint density at radius 1 is 1.08 bits per heavy atom. The van der Waals surface area contributed by atoms with Gasteiger partial charge in [-0.25, -0.2) is 0 Å². The van der Waals surface area contributed by atoms with Gasteiger partial charge in [-0.3, -0.25) is 20.4 Å². The van der Waals surface area contributed by atoms with E-state index in [1.165, 1.54) is 0 Å². The van der Waals surface area contributed by atoms with Gasteiger partial charge < -0.3 is 9.51 Å². The number of nitrogens with one attached hydrogen (secondary N) is 3. The van der Waals surface area contributed by atoms with Crippen molar-refractivity contribution in [3.05, 3.63) is 63.6 Å². The topological polar surface area (TPSA) is 100 Å². The Kier molecular flexibility index (Phi) is 4.78. The molecule has 0 atom stereocenters. The lowest BCUT2D eigenvalue weighted by Gasteiger charge is -2.08. The number of aromatic amines is 1. The molecule has 0 aliphatic carbocycles. The first-order chi connectivity index (χ1) is 12.0. The molecule has 9 heteroatoms. The van der Waals surface area contributed by atoms with Gasteiger partial charge in [0.1, 0.15) is 22.7 Å². The van der Waals surface area contributed by atoms with Gasteiger partial charge in [-0.05, 0) is 31.2 Å². The van der Waals surface area contributed by atoms with Crippen LogP contribution in [0.4, 0.5) is 0 Å². The number of rotatable bonds is 3. The maximum absolute atomic E-state index is 12.5. The molecule has 128 valence electrons. The third kappa shape index (κ3) is 3.38. The van der Waals surface area contributed by atoms with Crippen molar-refractivity contribution in [2.45, 2.75) is 6.92 Å². The van der Waals surface area contributed by atoms with Gasteiger partial charge in [0.05, 0.1) is 10.0 Å². The molecule has 3 aromatic rings. The van der Waals surface area contributed by atoms with E-state index in [9.17, 15) is 9.59 Å². The predicted octanol–water partition coefficient (Wildman–Crippen LogP) is 3.36. The number of halogens is 2. The Labute approximate surface area is 152 Å². The predicted molar refractivity (Wildman–Crippen MR) is 92.4 cm³/mol. The Bertz CT molecular complexity index is 915. The molecule has 7 nitrogen and oxygen atoms in total. The fourth-order valence-corrected chi connectivity index (χ4v) is 2.83. The van der Waals surface area contributed by atoms with Crippen LogP contribution in [0.25, 0.3) is 11.3 Å². The number of benzene rings is 1. The number of nitrogens with zero attached hydrogens (tertiary/aromatic N) is 1. The summed E-state index contributed by atoms with van der Waals surface area (Å²) in [5.74, 6) is -0.841. The Morgan fingerprint density at radius 2 is 1.76 bits per heavy atom. The number of aromatic nitrogens is 2. The second-order valence-electron chi connectivity index (χ2n) is 5.05. The quantitative estimate of drug-likeness (QED) is 0.608. The van der Waals surface area contributed by atoms with E-state index in [1.54, 1.807) is 43.5 Å². The molecular formula is C16H12Cl2N4O3. The van der Waals surface area contributed by atoms with Crippen molar-refractivity contribution in [1.29, 1.82) is 0 Å². The SMILES string of the molecule is Cc1onc(-c2c(Cl)cccc2Cl)c1C(=O)NNC(=O)c1ccc[nH]1. The molecule has 3 N–H and O–H groups in total. The molecule has 3 rings (SSSR count). The zero-order valence-corrected chi connectivity index (χ0v) is 14.4. The molecule has 0 radical (unpaired) electrons. The van der Waals surface area contributed by atoms with Crippen LogP contribution < -0.4 is 10.9 Å². The molecule has 0 aliphatic heterocycles. The number of hydrazine groups is 1. The molecule has 0 fully saturated rings. The molecule has 2 amide bonds. The van der Waals surface area contributed by atoms with E-state index in [0.717, 1.165) is 0 Å². The molecule has 0 aliphatic rings. The lowest BCUT2D eigenvalue weighted by atomic mass is 10.1. The van der Waals surface area contributed by atoms with Gasteiger partial charge in [-0.15, -0.1) is 0 Å². The van der Waals surface area contributed by atoms with Crippen molar-refractivity contribution in [2.24, 2.45) is 0 Å². The molecule has 25 heavy (non-hydrogen) atoms. The van der Waals surface area contributed by atoms with Crippen LogP contribution in [0.1, 0.15) is 26.6 Å². The van der Waals surface area contributed by atoms with Gasteiger partial charge in [-0.1, -0.05) is 34.4 Å². The second kappa shape index (κ2) is 7.00.